The number of hydrogen-bond donors (Lipinski definition) is 1. The fourth-order valence-corrected chi connectivity index (χ4v) is 1.89. The first-order valence-electron chi connectivity index (χ1n) is 5.57. The van der Waals surface area contributed by atoms with Gasteiger partial charge >= 0.3 is 0 Å². The zero-order valence-electron chi connectivity index (χ0n) is 9.23. The van der Waals surface area contributed by atoms with Gasteiger partial charge in [-0.05, 0) is 44.0 Å². The van der Waals surface area contributed by atoms with Crippen molar-refractivity contribution in [3.8, 4) is 11.5 Å². The van der Waals surface area contributed by atoms with E-state index in [0.717, 1.165) is 22.7 Å². The maximum Gasteiger partial charge on any atom is 0.226 e. The predicted octanol–water partition coefficient (Wildman–Crippen LogP) is 3.11. The van der Waals surface area contributed by atoms with E-state index in [1.807, 2.05) is 31.2 Å². The van der Waals surface area contributed by atoms with Crippen LogP contribution in [-0.2, 0) is 0 Å². The van der Waals surface area contributed by atoms with Crippen LogP contribution in [-0.4, -0.2) is 4.98 Å². The van der Waals surface area contributed by atoms with E-state index in [2.05, 4.69) is 4.98 Å². The minimum Gasteiger partial charge on any atom is -0.441 e. The van der Waals surface area contributed by atoms with Crippen molar-refractivity contribution in [1.82, 2.24) is 4.98 Å². The summed E-state index contributed by atoms with van der Waals surface area (Å²) in [6.45, 7) is 1.99. The van der Waals surface area contributed by atoms with Crippen LogP contribution in [0.25, 0.3) is 11.5 Å². The molecule has 1 aliphatic rings. The number of aromatic nitrogens is 1. The number of hydrogen-bond acceptors (Lipinski definition) is 3. The van der Waals surface area contributed by atoms with Crippen LogP contribution in [0.1, 0.15) is 30.2 Å². The molecule has 0 radical (unpaired) electrons. The topological polar surface area (TPSA) is 52.0 Å². The summed E-state index contributed by atoms with van der Waals surface area (Å²) in [7, 11) is 0. The molecule has 3 nitrogen and oxygen atoms in total. The second-order valence-electron chi connectivity index (χ2n) is 4.36. The van der Waals surface area contributed by atoms with Crippen molar-refractivity contribution in [3.05, 3.63) is 35.7 Å². The summed E-state index contributed by atoms with van der Waals surface area (Å²) in [4.78, 5) is 4.56. The first-order chi connectivity index (χ1) is 7.74. The molecule has 0 amide bonds. The molecule has 0 aliphatic heterocycles. The van der Waals surface area contributed by atoms with E-state index in [-0.39, 0.29) is 0 Å². The minimum absolute atomic E-state index is 0.631. The number of rotatable bonds is 2. The van der Waals surface area contributed by atoms with E-state index in [9.17, 15) is 0 Å². The van der Waals surface area contributed by atoms with Crippen molar-refractivity contribution < 1.29 is 4.42 Å². The fraction of sp³-hybridized carbons (Fsp3) is 0.308. The normalized spacial score (nSPS) is 15.3. The van der Waals surface area contributed by atoms with E-state index in [1.165, 1.54) is 12.8 Å². The zero-order valence-corrected chi connectivity index (χ0v) is 9.23. The van der Waals surface area contributed by atoms with Gasteiger partial charge in [-0.2, -0.15) is 0 Å². The number of oxazole rings is 1. The highest BCUT2D eigenvalue weighted by molar-refractivity contribution is 5.57. The van der Waals surface area contributed by atoms with Gasteiger partial charge in [-0.15, -0.1) is 0 Å². The van der Waals surface area contributed by atoms with Crippen molar-refractivity contribution >= 4 is 5.69 Å². The molecule has 82 valence electrons. The Bertz CT molecular complexity index is 509. The van der Waals surface area contributed by atoms with Crippen LogP contribution in [0.2, 0.25) is 0 Å². The second kappa shape index (κ2) is 3.37. The van der Waals surface area contributed by atoms with Crippen LogP contribution in [0.3, 0.4) is 0 Å². The Hall–Kier alpha value is -1.77. The lowest BCUT2D eigenvalue weighted by Crippen LogP contribution is -1.85. The van der Waals surface area contributed by atoms with E-state index in [4.69, 9.17) is 10.2 Å². The first-order valence-corrected chi connectivity index (χ1v) is 5.57. The lowest BCUT2D eigenvalue weighted by Gasteiger charge is -1.95. The van der Waals surface area contributed by atoms with Gasteiger partial charge < -0.3 is 10.2 Å². The smallest absolute Gasteiger partial charge is 0.226 e. The molecule has 3 rings (SSSR count). The van der Waals surface area contributed by atoms with Gasteiger partial charge in [-0.1, -0.05) is 0 Å². The lowest BCUT2D eigenvalue weighted by atomic mass is 10.2. The highest BCUT2D eigenvalue weighted by Gasteiger charge is 2.29. The van der Waals surface area contributed by atoms with Crippen molar-refractivity contribution in [2.75, 3.05) is 5.73 Å². The summed E-state index contributed by atoms with van der Waals surface area (Å²) in [5.41, 5.74) is 8.53. The quantitative estimate of drug-likeness (QED) is 0.781. The Morgan fingerprint density at radius 1 is 1.25 bits per heavy atom. The largest absolute Gasteiger partial charge is 0.441 e. The van der Waals surface area contributed by atoms with Crippen molar-refractivity contribution in [2.24, 2.45) is 0 Å². The Balaban J connectivity index is 1.99. The van der Waals surface area contributed by atoms with Gasteiger partial charge in [-0.25, -0.2) is 4.98 Å². The highest BCUT2D eigenvalue weighted by Crippen LogP contribution is 2.42. The van der Waals surface area contributed by atoms with Crippen LogP contribution < -0.4 is 5.73 Å². The molecule has 1 heterocycles. The van der Waals surface area contributed by atoms with Gasteiger partial charge in [0.05, 0.1) is 5.69 Å². The van der Waals surface area contributed by atoms with Gasteiger partial charge in [0.15, 0.2) is 0 Å². The molecular weight excluding hydrogens is 200 g/mol. The van der Waals surface area contributed by atoms with Crippen LogP contribution in [0.15, 0.2) is 28.7 Å². The summed E-state index contributed by atoms with van der Waals surface area (Å²) in [6.07, 6.45) is 2.49. The summed E-state index contributed by atoms with van der Waals surface area (Å²) in [6, 6.07) is 7.62. The molecule has 1 fully saturated rings. The second-order valence-corrected chi connectivity index (χ2v) is 4.36. The molecule has 16 heavy (non-hydrogen) atoms. The third-order valence-electron chi connectivity index (χ3n) is 2.95. The lowest BCUT2D eigenvalue weighted by molar-refractivity contribution is 0.539. The third-order valence-corrected chi connectivity index (χ3v) is 2.95. The fourth-order valence-electron chi connectivity index (χ4n) is 1.89. The molecular formula is C13H14N2O. The average molecular weight is 214 g/mol. The SMILES string of the molecule is Cc1oc(-c2ccc(N)cc2)nc1C1CC1. The van der Waals surface area contributed by atoms with E-state index >= 15 is 0 Å². The van der Waals surface area contributed by atoms with Crippen molar-refractivity contribution in [2.45, 2.75) is 25.7 Å². The maximum absolute atomic E-state index is 5.69. The third kappa shape index (κ3) is 1.58. The van der Waals surface area contributed by atoms with Crippen LogP contribution >= 0.6 is 0 Å². The minimum atomic E-state index is 0.631. The number of nitrogens with zero attached hydrogens (tertiary/aromatic N) is 1. The summed E-state index contributed by atoms with van der Waals surface area (Å²) in [5, 5.41) is 0. The monoisotopic (exact) mass is 214 g/mol. The summed E-state index contributed by atoms with van der Waals surface area (Å²) < 4.78 is 5.69. The predicted molar refractivity (Wildman–Crippen MR) is 63.1 cm³/mol. The highest BCUT2D eigenvalue weighted by atomic mass is 16.4. The Labute approximate surface area is 94.3 Å². The van der Waals surface area contributed by atoms with Crippen molar-refractivity contribution in [3.63, 3.8) is 0 Å². The Morgan fingerprint density at radius 3 is 2.56 bits per heavy atom. The molecule has 1 aromatic heterocycles. The molecule has 3 heteroatoms. The molecule has 0 unspecified atom stereocenters. The number of nitrogens with two attached hydrogens (primary N) is 1. The van der Waals surface area contributed by atoms with E-state index in [1.54, 1.807) is 0 Å². The van der Waals surface area contributed by atoms with Crippen LogP contribution in [0.4, 0.5) is 5.69 Å². The molecule has 0 spiro atoms. The number of nitrogen functional groups attached to an aromatic ring is 1. The molecule has 0 atom stereocenters. The molecule has 1 saturated carbocycles. The molecule has 1 aliphatic carbocycles. The Morgan fingerprint density at radius 2 is 1.94 bits per heavy atom. The van der Waals surface area contributed by atoms with Gasteiger partial charge in [-0.3, -0.25) is 0 Å². The van der Waals surface area contributed by atoms with E-state index < -0.39 is 0 Å². The Kier molecular flexibility index (Phi) is 1.99. The summed E-state index contributed by atoms with van der Waals surface area (Å²) >= 11 is 0. The summed E-state index contributed by atoms with van der Waals surface area (Å²) in [5.74, 6) is 2.29. The van der Waals surface area contributed by atoms with Gasteiger partial charge in [0.1, 0.15) is 5.76 Å². The number of aryl methyl sites for hydroxylation is 1. The standard InChI is InChI=1S/C13H14N2O/c1-8-12(9-2-3-9)15-13(16-8)10-4-6-11(14)7-5-10/h4-7,9H,2-3,14H2,1H3. The molecule has 1 aromatic carbocycles. The van der Waals surface area contributed by atoms with Gasteiger partial charge in [0.2, 0.25) is 5.89 Å². The molecule has 0 bridgehead atoms. The molecule has 0 saturated heterocycles. The van der Waals surface area contributed by atoms with Gasteiger partial charge in [0.25, 0.3) is 0 Å². The zero-order chi connectivity index (χ0) is 11.1. The number of anilines is 1. The van der Waals surface area contributed by atoms with Crippen LogP contribution in [0, 0.1) is 6.92 Å². The molecule has 2 N–H and O–H groups in total. The van der Waals surface area contributed by atoms with Crippen LogP contribution in [0.5, 0.6) is 0 Å². The van der Waals surface area contributed by atoms with E-state index in [0.29, 0.717) is 11.8 Å². The average Bonchev–Trinajstić information content (AvgIpc) is 3.04. The maximum atomic E-state index is 5.69. The molecule has 2 aromatic rings. The first kappa shape index (κ1) is 9.46. The number of benzene rings is 1. The van der Waals surface area contributed by atoms with Gasteiger partial charge in [0, 0.05) is 17.2 Å². The van der Waals surface area contributed by atoms with Crippen molar-refractivity contribution in [1.29, 1.82) is 0 Å².